The number of fused-ring (bicyclic) bond motifs is 1. The molecular weight excluding hydrogens is 240 g/mol. The van der Waals surface area contributed by atoms with Gasteiger partial charge in [-0.15, -0.1) is 0 Å². The molecule has 0 saturated carbocycles. The minimum atomic E-state index is -2.67. The van der Waals surface area contributed by atoms with Gasteiger partial charge in [0.25, 0.3) is 0 Å². The van der Waals surface area contributed by atoms with Crippen molar-refractivity contribution >= 4 is 11.9 Å². The van der Waals surface area contributed by atoms with Gasteiger partial charge in [0.2, 0.25) is 0 Å². The molecule has 1 aromatic carbocycles. The van der Waals surface area contributed by atoms with E-state index in [1.165, 1.54) is 6.07 Å². The van der Waals surface area contributed by atoms with Gasteiger partial charge in [-0.05, 0) is 18.1 Å². The predicted octanol–water partition coefficient (Wildman–Crippen LogP) is 1.28. The monoisotopic (exact) mass is 252 g/mol. The number of benzene rings is 1. The van der Waals surface area contributed by atoms with Crippen molar-refractivity contribution in [2.75, 3.05) is 0 Å². The van der Waals surface area contributed by atoms with Crippen LogP contribution in [0.25, 0.3) is 0 Å². The Morgan fingerprint density at radius 1 is 1.22 bits per heavy atom. The number of hydrogen-bond donors (Lipinski definition) is 2. The molecule has 0 amide bonds. The maximum atomic E-state index is 11.1. The summed E-state index contributed by atoms with van der Waals surface area (Å²) in [6, 6.07) is 4.92. The summed E-state index contributed by atoms with van der Waals surface area (Å²) in [7, 11) is 0. The van der Waals surface area contributed by atoms with Crippen LogP contribution in [0.15, 0.2) is 18.2 Å². The number of carboxylic acid groups (broad SMARTS) is 2. The first-order valence-corrected chi connectivity index (χ1v) is 5.48. The van der Waals surface area contributed by atoms with Gasteiger partial charge in [0.05, 0.1) is 0 Å². The molecule has 1 aliphatic heterocycles. The molecule has 1 aliphatic rings. The van der Waals surface area contributed by atoms with Gasteiger partial charge in [0.15, 0.2) is 11.5 Å². The van der Waals surface area contributed by atoms with E-state index in [0.717, 1.165) is 12.0 Å². The lowest BCUT2D eigenvalue weighted by molar-refractivity contribution is -0.194. The first-order chi connectivity index (χ1) is 8.51. The fourth-order valence-electron chi connectivity index (χ4n) is 1.81. The molecule has 0 aromatic heterocycles. The van der Waals surface area contributed by atoms with Crippen molar-refractivity contribution in [2.24, 2.45) is 0 Å². The van der Waals surface area contributed by atoms with E-state index in [0.29, 0.717) is 6.42 Å². The number of aryl methyl sites for hydroxylation is 1. The first kappa shape index (κ1) is 12.2. The highest BCUT2D eigenvalue weighted by molar-refractivity contribution is 6.01. The van der Waals surface area contributed by atoms with Crippen LogP contribution in [-0.2, 0) is 16.0 Å². The molecule has 96 valence electrons. The summed E-state index contributed by atoms with van der Waals surface area (Å²) < 4.78 is 10.1. The van der Waals surface area contributed by atoms with E-state index in [2.05, 4.69) is 0 Å². The standard InChI is InChI=1S/C12H12O6/c1-2-4-7-5-3-6-8-9(7)18-12(17-8,10(13)14)11(15)16/h3,5-6H,2,4H2,1H3,(H,13,14)(H,15,16). The number of para-hydroxylation sites is 1. The van der Waals surface area contributed by atoms with Crippen molar-refractivity contribution in [2.45, 2.75) is 25.6 Å². The Labute approximate surface area is 103 Å². The molecule has 6 nitrogen and oxygen atoms in total. The third-order valence-electron chi connectivity index (χ3n) is 2.64. The molecule has 1 aromatic rings. The van der Waals surface area contributed by atoms with Crippen LogP contribution in [0.5, 0.6) is 11.5 Å². The van der Waals surface area contributed by atoms with Gasteiger partial charge in [-0.25, -0.2) is 9.59 Å². The van der Waals surface area contributed by atoms with Gasteiger partial charge in [-0.2, -0.15) is 0 Å². The molecule has 2 N–H and O–H groups in total. The minimum Gasteiger partial charge on any atom is -0.475 e. The van der Waals surface area contributed by atoms with Gasteiger partial charge < -0.3 is 19.7 Å². The Bertz CT molecular complexity index is 493. The number of carbonyl (C=O) groups is 2. The Morgan fingerprint density at radius 3 is 2.44 bits per heavy atom. The van der Waals surface area contributed by atoms with Gasteiger partial charge in [-0.3, -0.25) is 0 Å². The zero-order chi connectivity index (χ0) is 13.3. The van der Waals surface area contributed by atoms with E-state index < -0.39 is 17.7 Å². The minimum absolute atomic E-state index is 0.144. The second kappa shape index (κ2) is 4.21. The topological polar surface area (TPSA) is 93.1 Å². The van der Waals surface area contributed by atoms with Gasteiger partial charge in [-0.1, -0.05) is 25.5 Å². The van der Waals surface area contributed by atoms with Crippen LogP contribution in [-0.4, -0.2) is 27.9 Å². The maximum absolute atomic E-state index is 11.1. The largest absolute Gasteiger partial charge is 0.475 e. The molecular formula is C12H12O6. The molecule has 0 aliphatic carbocycles. The van der Waals surface area contributed by atoms with Crippen molar-refractivity contribution < 1.29 is 29.3 Å². The van der Waals surface area contributed by atoms with Crippen LogP contribution in [0.1, 0.15) is 18.9 Å². The Morgan fingerprint density at radius 2 is 1.89 bits per heavy atom. The first-order valence-electron chi connectivity index (χ1n) is 5.48. The Balaban J connectivity index is 2.45. The smallest absolute Gasteiger partial charge is 0.453 e. The zero-order valence-corrected chi connectivity index (χ0v) is 9.67. The van der Waals surface area contributed by atoms with Crippen molar-refractivity contribution in [3.63, 3.8) is 0 Å². The summed E-state index contributed by atoms with van der Waals surface area (Å²) in [5.41, 5.74) is 0.736. The molecule has 2 rings (SSSR count). The molecule has 0 atom stereocenters. The van der Waals surface area contributed by atoms with Crippen molar-refractivity contribution in [1.29, 1.82) is 0 Å². The van der Waals surface area contributed by atoms with Gasteiger partial charge in [0, 0.05) is 0 Å². The highest BCUT2D eigenvalue weighted by Crippen LogP contribution is 2.42. The number of ether oxygens (including phenoxy) is 2. The molecule has 0 unspecified atom stereocenters. The van der Waals surface area contributed by atoms with E-state index in [4.69, 9.17) is 19.7 Å². The third kappa shape index (κ3) is 1.66. The SMILES string of the molecule is CCCc1cccc2c1OC(C(=O)O)(C(=O)O)O2. The lowest BCUT2D eigenvalue weighted by Gasteiger charge is -2.17. The van der Waals surface area contributed by atoms with E-state index in [9.17, 15) is 9.59 Å². The summed E-state index contributed by atoms with van der Waals surface area (Å²) in [6.45, 7) is 1.96. The normalized spacial score (nSPS) is 15.4. The number of aliphatic carboxylic acids is 2. The predicted molar refractivity (Wildman–Crippen MR) is 59.7 cm³/mol. The summed E-state index contributed by atoms with van der Waals surface area (Å²) in [5, 5.41) is 18.0. The fourth-order valence-corrected chi connectivity index (χ4v) is 1.81. The summed E-state index contributed by atoms with van der Waals surface area (Å²) >= 11 is 0. The van der Waals surface area contributed by atoms with Crippen LogP contribution in [0.3, 0.4) is 0 Å². The number of hydrogen-bond acceptors (Lipinski definition) is 4. The molecule has 0 saturated heterocycles. The fraction of sp³-hybridized carbons (Fsp3) is 0.333. The van der Waals surface area contributed by atoms with Crippen LogP contribution in [0, 0.1) is 0 Å². The van der Waals surface area contributed by atoms with Crippen LogP contribution in [0.4, 0.5) is 0 Å². The third-order valence-corrected chi connectivity index (χ3v) is 2.64. The summed E-state index contributed by atoms with van der Waals surface area (Å²) in [4.78, 5) is 22.1. The molecule has 0 radical (unpaired) electrons. The molecule has 0 spiro atoms. The molecule has 6 heteroatoms. The molecule has 0 bridgehead atoms. The quantitative estimate of drug-likeness (QED) is 0.784. The van der Waals surface area contributed by atoms with Crippen LogP contribution in [0.2, 0.25) is 0 Å². The van der Waals surface area contributed by atoms with E-state index >= 15 is 0 Å². The van der Waals surface area contributed by atoms with Crippen LogP contribution >= 0.6 is 0 Å². The second-order valence-electron chi connectivity index (χ2n) is 3.93. The molecule has 0 fully saturated rings. The average molecular weight is 252 g/mol. The van der Waals surface area contributed by atoms with E-state index in [1.807, 2.05) is 6.92 Å². The highest BCUT2D eigenvalue weighted by Gasteiger charge is 2.58. The van der Waals surface area contributed by atoms with Crippen LogP contribution < -0.4 is 9.47 Å². The summed E-state index contributed by atoms with van der Waals surface area (Å²) in [5.74, 6) is -5.70. The second-order valence-corrected chi connectivity index (χ2v) is 3.93. The Kier molecular flexibility index (Phi) is 2.86. The van der Waals surface area contributed by atoms with Gasteiger partial charge >= 0.3 is 17.7 Å². The average Bonchev–Trinajstić information content (AvgIpc) is 2.71. The van der Waals surface area contributed by atoms with Crippen molar-refractivity contribution in [3.05, 3.63) is 23.8 Å². The number of carboxylic acids is 2. The zero-order valence-electron chi connectivity index (χ0n) is 9.67. The van der Waals surface area contributed by atoms with E-state index in [1.54, 1.807) is 12.1 Å². The lowest BCUT2D eigenvalue weighted by Crippen LogP contribution is -2.54. The lowest BCUT2D eigenvalue weighted by atomic mass is 10.1. The number of rotatable bonds is 4. The van der Waals surface area contributed by atoms with Crippen molar-refractivity contribution in [3.8, 4) is 11.5 Å². The van der Waals surface area contributed by atoms with Gasteiger partial charge in [0.1, 0.15) is 0 Å². The highest BCUT2D eigenvalue weighted by atomic mass is 16.8. The van der Waals surface area contributed by atoms with E-state index in [-0.39, 0.29) is 11.5 Å². The Hall–Kier alpha value is -2.24. The summed E-state index contributed by atoms with van der Waals surface area (Å²) in [6.07, 6.45) is 1.48. The van der Waals surface area contributed by atoms with Crippen molar-refractivity contribution in [1.82, 2.24) is 0 Å². The maximum Gasteiger partial charge on any atom is 0.453 e. The molecule has 1 heterocycles. The molecule has 18 heavy (non-hydrogen) atoms.